The summed E-state index contributed by atoms with van der Waals surface area (Å²) in [6, 6.07) is 6.10. The summed E-state index contributed by atoms with van der Waals surface area (Å²) >= 11 is 8.68. The zero-order chi connectivity index (χ0) is 20.8. The summed E-state index contributed by atoms with van der Waals surface area (Å²) in [5, 5.41) is 5.46. The molecule has 2 N–H and O–H groups in total. The molecule has 29 heavy (non-hydrogen) atoms. The highest BCUT2D eigenvalue weighted by molar-refractivity contribution is 9.10. The first-order valence-corrected chi connectivity index (χ1v) is 10.6. The first kappa shape index (κ1) is 21.7. The molecule has 2 atom stereocenters. The molecule has 1 aromatic rings. The maximum atomic E-state index is 12.5. The Hall–Kier alpha value is -2.04. The van der Waals surface area contributed by atoms with Gasteiger partial charge in [-0.05, 0) is 53.1 Å². The van der Waals surface area contributed by atoms with Gasteiger partial charge in [0.15, 0.2) is 5.11 Å². The van der Waals surface area contributed by atoms with Gasteiger partial charge in [-0.15, -0.1) is 0 Å². The predicted octanol–water partition coefficient (Wildman–Crippen LogP) is 1.38. The number of nitrogens with zero attached hydrogens (tertiary/aromatic N) is 1. The van der Waals surface area contributed by atoms with Crippen molar-refractivity contribution in [2.75, 3.05) is 26.3 Å². The van der Waals surface area contributed by atoms with Gasteiger partial charge in [0.25, 0.3) is 5.91 Å². The number of rotatable bonds is 5. The lowest BCUT2D eigenvalue weighted by atomic mass is 10.1. The van der Waals surface area contributed by atoms with Gasteiger partial charge in [0, 0.05) is 24.2 Å². The van der Waals surface area contributed by atoms with E-state index in [-0.39, 0.29) is 30.2 Å². The number of nitrogens with one attached hydrogen (secondary N) is 2. The Morgan fingerprint density at radius 3 is 2.90 bits per heavy atom. The Morgan fingerprint density at radius 2 is 2.17 bits per heavy atom. The van der Waals surface area contributed by atoms with Crippen LogP contribution >= 0.6 is 28.1 Å². The average Bonchev–Trinajstić information content (AvgIpc) is 3.22. The SMILES string of the molecule is O=C(C[C@@H]1C(=O)NCCN1C(=S)NC(=O)c1ccccc1Br)OC[C@@H]1CCCO1. The fourth-order valence-corrected chi connectivity index (χ4v) is 4.00. The lowest BCUT2D eigenvalue weighted by Gasteiger charge is -2.36. The number of hydrogen-bond acceptors (Lipinski definition) is 6. The molecule has 2 heterocycles. The van der Waals surface area contributed by atoms with E-state index in [1.807, 2.05) is 0 Å². The second kappa shape index (κ2) is 10.1. The van der Waals surface area contributed by atoms with Gasteiger partial charge < -0.3 is 19.7 Å². The van der Waals surface area contributed by atoms with Crippen LogP contribution in [-0.2, 0) is 19.1 Å². The van der Waals surface area contributed by atoms with Gasteiger partial charge in [-0.3, -0.25) is 19.7 Å². The third kappa shape index (κ3) is 5.74. The minimum atomic E-state index is -0.840. The van der Waals surface area contributed by atoms with Gasteiger partial charge in [-0.1, -0.05) is 12.1 Å². The summed E-state index contributed by atoms with van der Waals surface area (Å²) in [5.41, 5.74) is 0.420. The molecular formula is C19H22BrN3O5S. The maximum absolute atomic E-state index is 12.5. The Morgan fingerprint density at radius 1 is 1.38 bits per heavy atom. The molecule has 2 fully saturated rings. The van der Waals surface area contributed by atoms with E-state index in [9.17, 15) is 14.4 Å². The smallest absolute Gasteiger partial charge is 0.308 e. The predicted molar refractivity (Wildman–Crippen MR) is 112 cm³/mol. The van der Waals surface area contributed by atoms with Crippen molar-refractivity contribution < 1.29 is 23.9 Å². The van der Waals surface area contributed by atoms with E-state index in [2.05, 4.69) is 26.6 Å². The fourth-order valence-electron chi connectivity index (χ4n) is 3.22. The quantitative estimate of drug-likeness (QED) is 0.482. The van der Waals surface area contributed by atoms with Gasteiger partial charge in [0.05, 0.1) is 18.1 Å². The number of amides is 2. The van der Waals surface area contributed by atoms with Gasteiger partial charge in [-0.2, -0.15) is 0 Å². The van der Waals surface area contributed by atoms with Crippen LogP contribution in [-0.4, -0.2) is 66.2 Å². The van der Waals surface area contributed by atoms with Gasteiger partial charge in [0.1, 0.15) is 12.6 Å². The molecule has 0 spiro atoms. The summed E-state index contributed by atoms with van der Waals surface area (Å²) in [7, 11) is 0. The summed E-state index contributed by atoms with van der Waals surface area (Å²) < 4.78 is 11.3. The largest absolute Gasteiger partial charge is 0.463 e. The molecule has 10 heteroatoms. The van der Waals surface area contributed by atoms with Crippen molar-refractivity contribution in [1.82, 2.24) is 15.5 Å². The molecule has 3 rings (SSSR count). The number of piperazine rings is 1. The van der Waals surface area contributed by atoms with Crippen molar-refractivity contribution >= 4 is 51.0 Å². The van der Waals surface area contributed by atoms with Gasteiger partial charge >= 0.3 is 5.97 Å². The number of halogens is 1. The summed E-state index contributed by atoms with van der Waals surface area (Å²) in [6.07, 6.45) is 1.56. The molecule has 156 valence electrons. The molecule has 0 aliphatic carbocycles. The highest BCUT2D eigenvalue weighted by atomic mass is 79.9. The van der Waals surface area contributed by atoms with Gasteiger partial charge in [0.2, 0.25) is 5.91 Å². The minimum absolute atomic E-state index is 0.0834. The zero-order valence-electron chi connectivity index (χ0n) is 15.7. The highest BCUT2D eigenvalue weighted by Gasteiger charge is 2.34. The van der Waals surface area contributed by atoms with Crippen LogP contribution in [0.15, 0.2) is 28.7 Å². The molecule has 8 nitrogen and oxygen atoms in total. The van der Waals surface area contributed by atoms with E-state index in [4.69, 9.17) is 21.7 Å². The molecule has 2 amide bonds. The van der Waals surface area contributed by atoms with E-state index in [0.717, 1.165) is 12.8 Å². The average molecular weight is 484 g/mol. The van der Waals surface area contributed by atoms with Crippen molar-refractivity contribution in [3.8, 4) is 0 Å². The van der Waals surface area contributed by atoms with E-state index in [1.54, 1.807) is 29.2 Å². The highest BCUT2D eigenvalue weighted by Crippen LogP contribution is 2.17. The second-order valence-corrected chi connectivity index (χ2v) is 8.00. The molecular weight excluding hydrogens is 462 g/mol. The molecule has 2 aliphatic rings. The van der Waals surface area contributed by atoms with E-state index in [0.29, 0.717) is 29.7 Å². The number of ether oxygens (including phenoxy) is 2. The molecule has 0 bridgehead atoms. The Bertz CT molecular complexity index is 800. The van der Waals surface area contributed by atoms with Crippen molar-refractivity contribution in [3.63, 3.8) is 0 Å². The molecule has 2 aliphatic heterocycles. The Kier molecular flexibility index (Phi) is 7.57. The lowest BCUT2D eigenvalue weighted by Crippen LogP contribution is -2.60. The van der Waals surface area contributed by atoms with Crippen molar-refractivity contribution in [1.29, 1.82) is 0 Å². The number of carbonyl (C=O) groups excluding carboxylic acids is 3. The molecule has 2 saturated heterocycles. The molecule has 1 aromatic carbocycles. The molecule has 0 unspecified atom stereocenters. The lowest BCUT2D eigenvalue weighted by molar-refractivity contribution is -0.150. The number of thiocarbonyl (C=S) groups is 1. The van der Waals surface area contributed by atoms with Crippen molar-refractivity contribution in [2.24, 2.45) is 0 Å². The summed E-state index contributed by atoms with van der Waals surface area (Å²) in [5.74, 6) is -1.23. The van der Waals surface area contributed by atoms with Crippen LogP contribution in [0.4, 0.5) is 0 Å². The fraction of sp³-hybridized carbons (Fsp3) is 0.474. The molecule has 0 radical (unpaired) electrons. The van der Waals surface area contributed by atoms with E-state index < -0.39 is 17.9 Å². The van der Waals surface area contributed by atoms with Crippen LogP contribution in [0.1, 0.15) is 29.6 Å². The number of hydrogen-bond donors (Lipinski definition) is 2. The van der Waals surface area contributed by atoms with Crippen LogP contribution in [0.25, 0.3) is 0 Å². The Balaban J connectivity index is 1.60. The first-order chi connectivity index (χ1) is 14.0. The summed E-state index contributed by atoms with van der Waals surface area (Å²) in [6.45, 7) is 1.60. The van der Waals surface area contributed by atoms with Crippen LogP contribution in [0.5, 0.6) is 0 Å². The van der Waals surface area contributed by atoms with Crippen LogP contribution in [0.2, 0.25) is 0 Å². The van der Waals surface area contributed by atoms with Crippen molar-refractivity contribution in [2.45, 2.75) is 31.4 Å². The van der Waals surface area contributed by atoms with Crippen molar-refractivity contribution in [3.05, 3.63) is 34.3 Å². The minimum Gasteiger partial charge on any atom is -0.463 e. The zero-order valence-corrected chi connectivity index (χ0v) is 18.1. The summed E-state index contributed by atoms with van der Waals surface area (Å²) in [4.78, 5) is 38.7. The van der Waals surface area contributed by atoms with E-state index in [1.165, 1.54) is 0 Å². The molecule has 0 aromatic heterocycles. The van der Waals surface area contributed by atoms with Crippen LogP contribution in [0, 0.1) is 0 Å². The standard InChI is InChI=1S/C19H22BrN3O5S/c20-14-6-2-1-5-13(14)17(25)22-19(29)23-8-7-21-18(26)15(23)10-16(24)28-11-12-4-3-9-27-12/h1-2,5-6,12,15H,3-4,7-11H2,(H,21,26)(H,22,25,29)/t12-,15+/m0/s1. The van der Waals surface area contributed by atoms with Crippen LogP contribution < -0.4 is 10.6 Å². The normalized spacial score (nSPS) is 21.4. The number of esters is 1. The maximum Gasteiger partial charge on any atom is 0.308 e. The monoisotopic (exact) mass is 483 g/mol. The topological polar surface area (TPSA) is 97.0 Å². The third-order valence-electron chi connectivity index (χ3n) is 4.74. The number of benzene rings is 1. The second-order valence-electron chi connectivity index (χ2n) is 6.76. The van der Waals surface area contributed by atoms with Gasteiger partial charge in [-0.25, -0.2) is 0 Å². The third-order valence-corrected chi connectivity index (χ3v) is 5.77. The Labute approximate surface area is 182 Å². The molecule has 0 saturated carbocycles. The number of carbonyl (C=O) groups is 3. The van der Waals surface area contributed by atoms with E-state index >= 15 is 0 Å². The van der Waals surface area contributed by atoms with Crippen LogP contribution in [0.3, 0.4) is 0 Å². The first-order valence-electron chi connectivity index (χ1n) is 9.37.